The van der Waals surface area contributed by atoms with Gasteiger partial charge in [-0.2, -0.15) is 18.2 Å². The van der Waals surface area contributed by atoms with E-state index in [1.807, 2.05) is 37.3 Å². The molecule has 0 aliphatic carbocycles. The van der Waals surface area contributed by atoms with Gasteiger partial charge in [0, 0.05) is 36.6 Å². The number of alkyl halides is 3. The molecule has 2 heterocycles. The molecule has 1 unspecified atom stereocenters. The molecule has 0 bridgehead atoms. The fourth-order valence-electron chi connectivity index (χ4n) is 3.61. The summed E-state index contributed by atoms with van der Waals surface area (Å²) >= 11 is -0.263. The highest BCUT2D eigenvalue weighted by molar-refractivity contribution is 8.00. The third-order valence-electron chi connectivity index (χ3n) is 5.32. The van der Waals surface area contributed by atoms with Crippen LogP contribution in [0.15, 0.2) is 64.0 Å². The first-order valence-electron chi connectivity index (χ1n) is 10.1. The highest BCUT2D eigenvalue weighted by atomic mass is 32.2. The van der Waals surface area contributed by atoms with Crippen LogP contribution in [0.4, 0.5) is 13.2 Å². The Kier molecular flexibility index (Phi) is 6.52. The number of thioether (sulfide) groups is 1. The van der Waals surface area contributed by atoms with Crippen LogP contribution in [-0.2, 0) is 0 Å². The molecule has 6 nitrogen and oxygen atoms in total. The van der Waals surface area contributed by atoms with Gasteiger partial charge in [-0.1, -0.05) is 47.6 Å². The van der Waals surface area contributed by atoms with Gasteiger partial charge in [-0.15, -0.1) is 0 Å². The smallest absolute Gasteiger partial charge is 0.337 e. The lowest BCUT2D eigenvalue weighted by atomic mass is 10.1. The van der Waals surface area contributed by atoms with Crippen LogP contribution >= 0.6 is 11.8 Å². The number of aromatic nitrogens is 2. The summed E-state index contributed by atoms with van der Waals surface area (Å²) in [4.78, 5) is 21.0. The van der Waals surface area contributed by atoms with Crippen molar-refractivity contribution in [3.8, 4) is 11.4 Å². The summed E-state index contributed by atoms with van der Waals surface area (Å²) in [5.41, 5.74) is -3.52. The molecule has 1 aliphatic rings. The minimum absolute atomic E-state index is 0.0701. The Balaban J connectivity index is 1.39. The third-order valence-corrected chi connectivity index (χ3v) is 6.13. The maximum Gasteiger partial charge on any atom is 0.446 e. The second-order valence-corrected chi connectivity index (χ2v) is 8.48. The molecule has 1 aromatic heterocycles. The van der Waals surface area contributed by atoms with Crippen molar-refractivity contribution in [3.05, 3.63) is 66.1 Å². The summed E-state index contributed by atoms with van der Waals surface area (Å²) in [7, 11) is 0. The molecule has 1 atom stereocenters. The first-order chi connectivity index (χ1) is 15.3. The van der Waals surface area contributed by atoms with E-state index in [1.165, 1.54) is 18.2 Å². The quantitative estimate of drug-likeness (QED) is 0.505. The molecule has 0 radical (unpaired) electrons. The number of amides is 1. The first-order valence-corrected chi connectivity index (χ1v) is 10.9. The van der Waals surface area contributed by atoms with Crippen molar-refractivity contribution in [1.82, 2.24) is 19.9 Å². The first kappa shape index (κ1) is 22.3. The van der Waals surface area contributed by atoms with Crippen LogP contribution in [0, 0.1) is 0 Å². The van der Waals surface area contributed by atoms with Gasteiger partial charge >= 0.3 is 5.51 Å². The predicted octanol–water partition coefficient (Wildman–Crippen LogP) is 4.87. The van der Waals surface area contributed by atoms with Gasteiger partial charge < -0.3 is 9.42 Å². The van der Waals surface area contributed by atoms with Crippen LogP contribution in [0.25, 0.3) is 11.4 Å². The maximum absolute atomic E-state index is 12.9. The van der Waals surface area contributed by atoms with Crippen LogP contribution in [0.5, 0.6) is 0 Å². The summed E-state index contributed by atoms with van der Waals surface area (Å²) in [5, 5.41) is 4.05. The van der Waals surface area contributed by atoms with Crippen molar-refractivity contribution in [2.24, 2.45) is 0 Å². The molecule has 0 N–H and O–H groups in total. The number of hydrogen-bond donors (Lipinski definition) is 0. The van der Waals surface area contributed by atoms with E-state index in [0.29, 0.717) is 37.9 Å². The van der Waals surface area contributed by atoms with Gasteiger partial charge in [0.15, 0.2) is 0 Å². The van der Waals surface area contributed by atoms with E-state index in [2.05, 4.69) is 15.0 Å². The Hall–Kier alpha value is -2.85. The number of halogens is 3. The lowest BCUT2D eigenvalue weighted by Gasteiger charge is -2.37. The summed E-state index contributed by atoms with van der Waals surface area (Å²) in [6, 6.07) is 15.2. The highest BCUT2D eigenvalue weighted by Crippen LogP contribution is 2.38. The molecular formula is C22H21F3N4O2S. The molecule has 1 amide bonds. The topological polar surface area (TPSA) is 62.5 Å². The number of piperazine rings is 1. The normalized spacial score (nSPS) is 16.2. The minimum Gasteiger partial charge on any atom is -0.337 e. The molecule has 10 heteroatoms. The van der Waals surface area contributed by atoms with E-state index in [4.69, 9.17) is 4.52 Å². The van der Waals surface area contributed by atoms with Gasteiger partial charge in [0.2, 0.25) is 11.7 Å². The zero-order valence-corrected chi connectivity index (χ0v) is 18.1. The lowest BCUT2D eigenvalue weighted by molar-refractivity contribution is -0.0328. The number of nitrogens with zero attached hydrogens (tertiary/aromatic N) is 4. The average molecular weight is 462 g/mol. The molecular weight excluding hydrogens is 441 g/mol. The van der Waals surface area contributed by atoms with Crippen LogP contribution in [-0.4, -0.2) is 57.5 Å². The third kappa shape index (κ3) is 5.13. The summed E-state index contributed by atoms with van der Waals surface area (Å²) in [6.45, 7) is 3.84. The van der Waals surface area contributed by atoms with Crippen LogP contribution < -0.4 is 0 Å². The molecule has 32 heavy (non-hydrogen) atoms. The van der Waals surface area contributed by atoms with E-state index >= 15 is 0 Å². The second-order valence-electron chi connectivity index (χ2n) is 7.37. The van der Waals surface area contributed by atoms with Crippen molar-refractivity contribution in [1.29, 1.82) is 0 Å². The number of carbonyl (C=O) groups excluding carboxylic acids is 1. The van der Waals surface area contributed by atoms with E-state index in [1.54, 1.807) is 11.0 Å². The van der Waals surface area contributed by atoms with E-state index in [-0.39, 0.29) is 28.3 Å². The van der Waals surface area contributed by atoms with Crippen molar-refractivity contribution in [3.63, 3.8) is 0 Å². The van der Waals surface area contributed by atoms with Gasteiger partial charge in [0.1, 0.15) is 0 Å². The van der Waals surface area contributed by atoms with E-state index in [0.717, 1.165) is 5.56 Å². The Labute approximate surface area is 187 Å². The van der Waals surface area contributed by atoms with Crippen LogP contribution in [0.2, 0.25) is 0 Å². The van der Waals surface area contributed by atoms with Crippen LogP contribution in [0.3, 0.4) is 0 Å². The number of carbonyl (C=O) groups is 1. The standard InChI is InChI=1S/C22H21F3N4O2S/c1-15(20-26-19(27-31-20)16-7-3-2-4-8-16)28-11-13-29(14-12-28)21(30)17-9-5-6-10-18(17)32-22(23,24)25/h2-10,15H,11-14H2,1H3. The zero-order valence-electron chi connectivity index (χ0n) is 17.2. The molecule has 1 fully saturated rings. The van der Waals surface area contributed by atoms with Gasteiger partial charge in [0.05, 0.1) is 11.6 Å². The summed E-state index contributed by atoms with van der Waals surface area (Å²) in [5.74, 6) is 0.601. The van der Waals surface area contributed by atoms with Gasteiger partial charge in [-0.3, -0.25) is 9.69 Å². The van der Waals surface area contributed by atoms with E-state index in [9.17, 15) is 18.0 Å². The lowest BCUT2D eigenvalue weighted by Crippen LogP contribution is -2.49. The SMILES string of the molecule is CC(c1nc(-c2ccccc2)no1)N1CCN(C(=O)c2ccccc2SC(F)(F)F)CC1. The zero-order chi connectivity index (χ0) is 22.7. The Morgan fingerprint density at radius 3 is 2.38 bits per heavy atom. The molecule has 168 valence electrons. The molecule has 1 saturated heterocycles. The average Bonchev–Trinajstić information content (AvgIpc) is 3.28. The molecule has 0 saturated carbocycles. The highest BCUT2D eigenvalue weighted by Gasteiger charge is 2.33. The predicted molar refractivity (Wildman–Crippen MR) is 114 cm³/mol. The van der Waals surface area contributed by atoms with Gasteiger partial charge in [-0.05, 0) is 30.8 Å². The Bertz CT molecular complexity index is 1070. The largest absolute Gasteiger partial charge is 0.446 e. The fourth-order valence-corrected chi connectivity index (χ4v) is 4.27. The molecule has 0 spiro atoms. The minimum atomic E-state index is -4.45. The number of rotatable bonds is 5. The molecule has 1 aliphatic heterocycles. The van der Waals surface area contributed by atoms with E-state index < -0.39 is 11.4 Å². The van der Waals surface area contributed by atoms with Crippen molar-refractivity contribution >= 4 is 17.7 Å². The second kappa shape index (κ2) is 9.33. The maximum atomic E-state index is 12.9. The van der Waals surface area contributed by atoms with Crippen molar-refractivity contribution in [2.75, 3.05) is 26.2 Å². The van der Waals surface area contributed by atoms with Crippen molar-refractivity contribution < 1.29 is 22.5 Å². The Morgan fingerprint density at radius 2 is 1.69 bits per heavy atom. The van der Waals surface area contributed by atoms with Gasteiger partial charge in [0.25, 0.3) is 5.91 Å². The molecule has 4 rings (SSSR count). The Morgan fingerprint density at radius 1 is 1.03 bits per heavy atom. The summed E-state index contributed by atoms with van der Waals surface area (Å²) < 4.78 is 44.0. The number of benzene rings is 2. The summed E-state index contributed by atoms with van der Waals surface area (Å²) in [6.07, 6.45) is 0. The monoisotopic (exact) mass is 462 g/mol. The fraction of sp³-hybridized carbons (Fsp3) is 0.318. The van der Waals surface area contributed by atoms with Crippen LogP contribution in [0.1, 0.15) is 29.2 Å². The van der Waals surface area contributed by atoms with Crippen molar-refractivity contribution in [2.45, 2.75) is 23.4 Å². The number of hydrogen-bond acceptors (Lipinski definition) is 6. The molecule has 3 aromatic rings. The molecule has 2 aromatic carbocycles. The van der Waals surface area contributed by atoms with Gasteiger partial charge in [-0.25, -0.2) is 0 Å².